The van der Waals surface area contributed by atoms with Gasteiger partial charge in [0, 0.05) is 6.07 Å². The zero-order valence-electron chi connectivity index (χ0n) is 10.3. The monoisotopic (exact) mass is 332 g/mol. The zero-order chi connectivity index (χ0) is 15.6. The number of carbonyl (C=O) groups excluding carboxylic acids is 1. The van der Waals surface area contributed by atoms with Crippen LogP contribution in [0.5, 0.6) is 0 Å². The largest absolute Gasteiger partial charge is 0.317 e. The first kappa shape index (κ1) is 15.4. The topological polar surface area (TPSA) is 80.0 Å². The van der Waals surface area contributed by atoms with Gasteiger partial charge in [0.1, 0.15) is 17.3 Å². The number of carbonyl (C=O) groups is 1. The van der Waals surface area contributed by atoms with Crippen molar-refractivity contribution in [1.29, 1.82) is 0 Å². The van der Waals surface area contributed by atoms with Crippen molar-refractivity contribution in [3.63, 3.8) is 0 Å². The molecule has 0 bridgehead atoms. The molecular formula is C12H8Cl2F2N4O. The molecule has 2 rings (SSSR count). The van der Waals surface area contributed by atoms with Gasteiger partial charge >= 0.3 is 0 Å². The molecule has 0 aliphatic carbocycles. The molecule has 0 unspecified atom stereocenters. The van der Waals surface area contributed by atoms with Gasteiger partial charge in [0.2, 0.25) is 0 Å². The van der Waals surface area contributed by atoms with Crippen LogP contribution < -0.4 is 16.6 Å². The second-order valence-electron chi connectivity index (χ2n) is 3.87. The van der Waals surface area contributed by atoms with E-state index in [1.165, 1.54) is 12.1 Å². The number of halogens is 4. The maximum atomic E-state index is 13.6. The molecule has 9 heteroatoms. The number of anilines is 2. The van der Waals surface area contributed by atoms with Crippen LogP contribution in [0.15, 0.2) is 24.3 Å². The van der Waals surface area contributed by atoms with Crippen LogP contribution in [0.3, 0.4) is 0 Å². The van der Waals surface area contributed by atoms with Gasteiger partial charge in [-0.15, -0.1) is 0 Å². The minimum Gasteiger partial charge on any atom is -0.317 e. The summed E-state index contributed by atoms with van der Waals surface area (Å²) < 4.78 is 26.5. The molecule has 0 saturated carbocycles. The van der Waals surface area contributed by atoms with Crippen molar-refractivity contribution < 1.29 is 13.6 Å². The lowest BCUT2D eigenvalue weighted by molar-refractivity contribution is 0.102. The Hall–Kier alpha value is -1.96. The third kappa shape index (κ3) is 3.38. The molecule has 0 atom stereocenters. The Balaban J connectivity index is 2.35. The van der Waals surface area contributed by atoms with E-state index < -0.39 is 17.5 Å². The van der Waals surface area contributed by atoms with E-state index in [1.807, 2.05) is 0 Å². The molecule has 4 N–H and O–H groups in total. The Labute approximate surface area is 128 Å². The van der Waals surface area contributed by atoms with Crippen molar-refractivity contribution in [2.24, 2.45) is 5.84 Å². The van der Waals surface area contributed by atoms with E-state index in [2.05, 4.69) is 15.7 Å². The molecule has 21 heavy (non-hydrogen) atoms. The lowest BCUT2D eigenvalue weighted by atomic mass is 10.2. The van der Waals surface area contributed by atoms with E-state index in [4.69, 9.17) is 29.0 Å². The minimum absolute atomic E-state index is 0.0325. The summed E-state index contributed by atoms with van der Waals surface area (Å²) in [4.78, 5) is 15.9. The molecule has 1 amide bonds. The van der Waals surface area contributed by atoms with Crippen LogP contribution >= 0.6 is 23.2 Å². The Morgan fingerprint density at radius 2 is 1.90 bits per heavy atom. The number of hydrogen-bond acceptors (Lipinski definition) is 4. The molecule has 0 fully saturated rings. The van der Waals surface area contributed by atoms with Gasteiger partial charge in [-0.2, -0.15) is 0 Å². The van der Waals surface area contributed by atoms with Crippen molar-refractivity contribution in [1.82, 2.24) is 4.98 Å². The minimum atomic E-state index is -1.02. The van der Waals surface area contributed by atoms with Crippen molar-refractivity contribution in [3.8, 4) is 0 Å². The van der Waals surface area contributed by atoms with E-state index in [-0.39, 0.29) is 27.2 Å². The summed E-state index contributed by atoms with van der Waals surface area (Å²) in [6.07, 6.45) is 0. The normalized spacial score (nSPS) is 10.3. The molecule has 0 spiro atoms. The SMILES string of the molecule is NNc1ccc(Cl)c(C(=O)Nc2c(F)cc(F)cc2Cl)n1. The molecular weight excluding hydrogens is 325 g/mol. The number of rotatable bonds is 3. The second kappa shape index (κ2) is 6.21. The van der Waals surface area contributed by atoms with E-state index >= 15 is 0 Å². The van der Waals surface area contributed by atoms with Crippen LogP contribution in [0.1, 0.15) is 10.5 Å². The number of nitrogens with two attached hydrogens (primary N) is 1. The van der Waals surface area contributed by atoms with E-state index in [0.717, 1.165) is 6.07 Å². The van der Waals surface area contributed by atoms with Crippen molar-refractivity contribution in [2.45, 2.75) is 0 Å². The number of hydrazine groups is 1. The Morgan fingerprint density at radius 1 is 1.19 bits per heavy atom. The molecule has 1 aromatic carbocycles. The van der Waals surface area contributed by atoms with Crippen LogP contribution in [0.25, 0.3) is 0 Å². The number of nitrogens with zero attached hydrogens (tertiary/aromatic N) is 1. The fraction of sp³-hybridized carbons (Fsp3) is 0. The number of nitrogen functional groups attached to an aromatic ring is 1. The molecule has 0 aliphatic heterocycles. The standard InChI is InChI=1S/C12H8Cl2F2N4O/c13-6-1-2-9(20-17)18-11(6)12(21)19-10-7(14)3-5(15)4-8(10)16/h1-4H,17H2,(H,18,20)(H,19,21). The molecule has 1 heterocycles. The van der Waals surface area contributed by atoms with Gasteiger partial charge in [0.25, 0.3) is 5.91 Å². The smallest absolute Gasteiger partial charge is 0.276 e. The zero-order valence-corrected chi connectivity index (χ0v) is 11.8. The highest BCUT2D eigenvalue weighted by Gasteiger charge is 2.18. The highest BCUT2D eigenvalue weighted by atomic mass is 35.5. The number of pyridine rings is 1. The van der Waals surface area contributed by atoms with E-state index in [0.29, 0.717) is 6.07 Å². The first-order chi connectivity index (χ1) is 9.92. The third-order valence-corrected chi connectivity index (χ3v) is 3.06. The van der Waals surface area contributed by atoms with E-state index in [9.17, 15) is 13.6 Å². The number of amides is 1. The number of benzene rings is 1. The number of nitrogens with one attached hydrogen (secondary N) is 2. The highest BCUT2D eigenvalue weighted by molar-refractivity contribution is 6.35. The maximum absolute atomic E-state index is 13.6. The van der Waals surface area contributed by atoms with Gasteiger partial charge in [-0.3, -0.25) is 4.79 Å². The molecule has 0 radical (unpaired) electrons. The van der Waals surface area contributed by atoms with Gasteiger partial charge in [-0.05, 0) is 18.2 Å². The first-order valence-corrected chi connectivity index (χ1v) is 6.27. The van der Waals surface area contributed by atoms with E-state index in [1.54, 1.807) is 0 Å². The fourth-order valence-electron chi connectivity index (χ4n) is 1.52. The second-order valence-corrected chi connectivity index (χ2v) is 4.68. The van der Waals surface area contributed by atoms with Crippen molar-refractivity contribution in [3.05, 3.63) is 51.6 Å². The van der Waals surface area contributed by atoms with Gasteiger partial charge in [0.05, 0.1) is 15.7 Å². The lowest BCUT2D eigenvalue weighted by Crippen LogP contribution is -2.17. The van der Waals surface area contributed by atoms with Crippen LogP contribution in [0.4, 0.5) is 20.3 Å². The molecule has 0 aliphatic rings. The van der Waals surface area contributed by atoms with Crippen LogP contribution in [0.2, 0.25) is 10.0 Å². The summed E-state index contributed by atoms with van der Waals surface area (Å²) in [5.74, 6) is 2.67. The predicted octanol–water partition coefficient (Wildman–Crippen LogP) is 3.20. The van der Waals surface area contributed by atoms with Gasteiger partial charge < -0.3 is 10.7 Å². The maximum Gasteiger partial charge on any atom is 0.276 e. The average Bonchev–Trinajstić information content (AvgIpc) is 2.43. The molecule has 110 valence electrons. The summed E-state index contributed by atoms with van der Waals surface area (Å²) in [7, 11) is 0. The average molecular weight is 333 g/mol. The first-order valence-electron chi connectivity index (χ1n) is 5.51. The Kier molecular flexibility index (Phi) is 4.56. The molecule has 1 aromatic heterocycles. The van der Waals surface area contributed by atoms with Crippen LogP contribution in [0, 0.1) is 11.6 Å². The van der Waals surface area contributed by atoms with Gasteiger partial charge in [0.15, 0.2) is 5.82 Å². The van der Waals surface area contributed by atoms with Crippen LogP contribution in [-0.2, 0) is 0 Å². The molecule has 2 aromatic rings. The molecule has 5 nitrogen and oxygen atoms in total. The molecule has 0 saturated heterocycles. The number of hydrogen-bond donors (Lipinski definition) is 3. The summed E-state index contributed by atoms with van der Waals surface area (Å²) in [5, 5.41) is 1.93. The summed E-state index contributed by atoms with van der Waals surface area (Å²) in [5.41, 5.74) is 1.69. The summed E-state index contributed by atoms with van der Waals surface area (Å²) in [6, 6.07) is 4.30. The number of aromatic nitrogens is 1. The fourth-order valence-corrected chi connectivity index (χ4v) is 1.95. The highest BCUT2D eigenvalue weighted by Crippen LogP contribution is 2.27. The van der Waals surface area contributed by atoms with Crippen LogP contribution in [-0.4, -0.2) is 10.9 Å². The summed E-state index contributed by atoms with van der Waals surface area (Å²) >= 11 is 11.5. The van der Waals surface area contributed by atoms with Gasteiger partial charge in [-0.1, -0.05) is 23.2 Å². The van der Waals surface area contributed by atoms with Gasteiger partial charge in [-0.25, -0.2) is 19.6 Å². The summed E-state index contributed by atoms with van der Waals surface area (Å²) in [6.45, 7) is 0. The van der Waals surface area contributed by atoms with Crippen molar-refractivity contribution >= 4 is 40.6 Å². The lowest BCUT2D eigenvalue weighted by Gasteiger charge is -2.10. The quantitative estimate of drug-likeness (QED) is 0.595. The Morgan fingerprint density at radius 3 is 2.52 bits per heavy atom. The van der Waals surface area contributed by atoms with Crippen molar-refractivity contribution in [2.75, 3.05) is 10.7 Å². The Bertz CT molecular complexity index is 689. The third-order valence-electron chi connectivity index (χ3n) is 2.45. The predicted molar refractivity (Wildman–Crippen MR) is 76.4 cm³/mol.